The summed E-state index contributed by atoms with van der Waals surface area (Å²) in [5, 5.41) is 0. The molecule has 0 aromatic heterocycles. The van der Waals surface area contributed by atoms with Gasteiger partial charge in [-0.3, -0.25) is 0 Å². The molecule has 0 aliphatic rings. The van der Waals surface area contributed by atoms with Gasteiger partial charge in [0, 0.05) is 0 Å². The van der Waals surface area contributed by atoms with Gasteiger partial charge in [0.25, 0.3) is 0 Å². The van der Waals surface area contributed by atoms with E-state index in [1.165, 1.54) is 48.4 Å². The number of nitrogens with zero attached hydrogens (tertiary/aromatic N) is 1. The van der Waals surface area contributed by atoms with Crippen LogP contribution in [0.25, 0.3) is 6.08 Å². The lowest BCUT2D eigenvalue weighted by molar-refractivity contribution is -0.904. The molecule has 0 saturated heterocycles. The molecule has 5 heteroatoms. The second-order valence-electron chi connectivity index (χ2n) is 4.76. The Bertz CT molecular complexity index is 511. The highest BCUT2D eigenvalue weighted by Crippen LogP contribution is 2.15. The van der Waals surface area contributed by atoms with Gasteiger partial charge in [-0.2, -0.15) is 0 Å². The normalized spacial score (nSPS) is 11.4. The van der Waals surface area contributed by atoms with Crippen LogP contribution in [-0.2, 0) is 10.1 Å². The summed E-state index contributed by atoms with van der Waals surface area (Å²) < 4.78 is 33.0. The van der Waals surface area contributed by atoms with Crippen molar-refractivity contribution in [1.29, 1.82) is 0 Å². The van der Waals surface area contributed by atoms with E-state index in [0.717, 1.165) is 0 Å². The summed E-state index contributed by atoms with van der Waals surface area (Å²) in [7, 11) is -2.08. The first-order valence-electron chi connectivity index (χ1n) is 6.75. The maximum Gasteiger partial charge on any atom is 0.125 e. The van der Waals surface area contributed by atoms with Gasteiger partial charge in [0.05, 0.1) is 31.6 Å². The lowest BCUT2D eigenvalue weighted by atomic mass is 10.2. The summed E-state index contributed by atoms with van der Waals surface area (Å²) in [6, 6.07) is 5.93. The SMILES string of the molecule is C=Cc1ccccc1S(=O)(=O)[O-].CC[N+](C)(CC)CC. The molecule has 0 radical (unpaired) electrons. The molecule has 4 nitrogen and oxygen atoms in total. The standard InChI is InChI=1S/C8H8O3S.C7H18N/c1-2-7-5-3-4-6-8(7)12(9,10)11;1-5-8(4,6-2)7-3/h2-6H,1H2,(H,9,10,11);5-7H2,1-4H3/q;+1/p-1. The monoisotopic (exact) mass is 299 g/mol. The van der Waals surface area contributed by atoms with Gasteiger partial charge < -0.3 is 9.04 Å². The van der Waals surface area contributed by atoms with Gasteiger partial charge in [0.2, 0.25) is 0 Å². The summed E-state index contributed by atoms with van der Waals surface area (Å²) in [4.78, 5) is -0.222. The number of rotatable bonds is 5. The Morgan fingerprint density at radius 1 is 1.15 bits per heavy atom. The molecule has 0 aliphatic carbocycles. The van der Waals surface area contributed by atoms with Crippen molar-refractivity contribution in [3.8, 4) is 0 Å². The lowest BCUT2D eigenvalue weighted by Gasteiger charge is -2.30. The molecule has 20 heavy (non-hydrogen) atoms. The molecule has 0 heterocycles. The van der Waals surface area contributed by atoms with Crippen molar-refractivity contribution >= 4 is 16.2 Å². The van der Waals surface area contributed by atoms with Crippen molar-refractivity contribution in [3.05, 3.63) is 36.4 Å². The maximum atomic E-state index is 10.6. The Labute approximate surface area is 123 Å². The van der Waals surface area contributed by atoms with Crippen LogP contribution in [0.15, 0.2) is 35.7 Å². The number of benzene rings is 1. The Morgan fingerprint density at radius 2 is 1.60 bits per heavy atom. The van der Waals surface area contributed by atoms with Crippen molar-refractivity contribution in [2.45, 2.75) is 25.7 Å². The van der Waals surface area contributed by atoms with Crippen LogP contribution in [0, 0.1) is 0 Å². The molecule has 1 rings (SSSR count). The van der Waals surface area contributed by atoms with Crippen molar-refractivity contribution < 1.29 is 17.5 Å². The highest BCUT2D eigenvalue weighted by atomic mass is 32.2. The topological polar surface area (TPSA) is 57.2 Å². The average Bonchev–Trinajstić information content (AvgIpc) is 2.46. The molecule has 0 unspecified atom stereocenters. The summed E-state index contributed by atoms with van der Waals surface area (Å²) in [6.07, 6.45) is 1.34. The van der Waals surface area contributed by atoms with Gasteiger partial charge in [-0.05, 0) is 32.4 Å². The van der Waals surface area contributed by atoms with Gasteiger partial charge in [-0.25, -0.2) is 8.42 Å². The van der Waals surface area contributed by atoms with Crippen molar-refractivity contribution in [2.24, 2.45) is 0 Å². The highest BCUT2D eigenvalue weighted by molar-refractivity contribution is 7.85. The molecule has 0 N–H and O–H groups in total. The molecule has 1 aromatic carbocycles. The molecule has 0 fully saturated rings. The van der Waals surface area contributed by atoms with Crippen LogP contribution >= 0.6 is 0 Å². The van der Waals surface area contributed by atoms with E-state index in [2.05, 4.69) is 34.4 Å². The molecule has 0 atom stereocenters. The zero-order chi connectivity index (χ0) is 15.8. The Morgan fingerprint density at radius 3 is 1.85 bits per heavy atom. The molecule has 114 valence electrons. The number of hydrogen-bond acceptors (Lipinski definition) is 3. The molecule has 0 spiro atoms. The van der Waals surface area contributed by atoms with Crippen molar-refractivity contribution in [3.63, 3.8) is 0 Å². The van der Waals surface area contributed by atoms with E-state index >= 15 is 0 Å². The molecule has 0 bridgehead atoms. The van der Waals surface area contributed by atoms with Gasteiger partial charge in [0.15, 0.2) is 0 Å². The van der Waals surface area contributed by atoms with E-state index in [1.807, 2.05) is 0 Å². The maximum absolute atomic E-state index is 10.6. The summed E-state index contributed by atoms with van der Waals surface area (Å²) in [5.41, 5.74) is 0.340. The minimum absolute atomic E-state index is 0.222. The second-order valence-corrected chi connectivity index (χ2v) is 6.11. The van der Waals surface area contributed by atoms with Crippen LogP contribution < -0.4 is 0 Å². The molecule has 0 amide bonds. The summed E-state index contributed by atoms with van der Waals surface area (Å²) in [5.74, 6) is 0. The Kier molecular flexibility index (Phi) is 7.71. The lowest BCUT2D eigenvalue weighted by Crippen LogP contribution is -2.42. The minimum atomic E-state index is -4.37. The van der Waals surface area contributed by atoms with Crippen LogP contribution in [0.2, 0.25) is 0 Å². The van der Waals surface area contributed by atoms with Crippen LogP contribution in [-0.4, -0.2) is 44.1 Å². The fourth-order valence-corrected chi connectivity index (χ4v) is 2.23. The largest absolute Gasteiger partial charge is 0.744 e. The number of quaternary nitrogens is 1. The predicted octanol–water partition coefficient (Wildman–Crippen LogP) is 2.73. The van der Waals surface area contributed by atoms with E-state index in [-0.39, 0.29) is 4.90 Å². The first-order chi connectivity index (χ1) is 9.24. The van der Waals surface area contributed by atoms with Gasteiger partial charge in [-0.1, -0.05) is 30.9 Å². The van der Waals surface area contributed by atoms with Gasteiger partial charge in [0.1, 0.15) is 10.1 Å². The zero-order valence-corrected chi connectivity index (χ0v) is 13.6. The van der Waals surface area contributed by atoms with Gasteiger partial charge in [-0.15, -0.1) is 0 Å². The third kappa shape index (κ3) is 5.86. The molecule has 0 saturated carbocycles. The Balaban J connectivity index is 0.000000396. The summed E-state index contributed by atoms with van der Waals surface area (Å²) in [6.45, 7) is 13.9. The second kappa shape index (κ2) is 8.19. The van der Waals surface area contributed by atoms with Gasteiger partial charge >= 0.3 is 0 Å². The highest BCUT2D eigenvalue weighted by Gasteiger charge is 2.10. The predicted molar refractivity (Wildman–Crippen MR) is 82.3 cm³/mol. The van der Waals surface area contributed by atoms with Crippen LogP contribution in [0.1, 0.15) is 26.3 Å². The zero-order valence-electron chi connectivity index (χ0n) is 12.8. The minimum Gasteiger partial charge on any atom is -0.744 e. The van der Waals surface area contributed by atoms with E-state index in [0.29, 0.717) is 5.56 Å². The fourth-order valence-electron chi connectivity index (χ4n) is 1.55. The van der Waals surface area contributed by atoms with E-state index in [9.17, 15) is 13.0 Å². The summed E-state index contributed by atoms with van der Waals surface area (Å²) >= 11 is 0. The van der Waals surface area contributed by atoms with E-state index in [1.54, 1.807) is 6.07 Å². The average molecular weight is 299 g/mol. The first kappa shape index (κ1) is 18.8. The van der Waals surface area contributed by atoms with Crippen LogP contribution in [0.5, 0.6) is 0 Å². The molecular formula is C15H25NO3S. The third-order valence-corrected chi connectivity index (χ3v) is 4.61. The van der Waals surface area contributed by atoms with Crippen LogP contribution in [0.3, 0.4) is 0 Å². The molecule has 1 aromatic rings. The van der Waals surface area contributed by atoms with E-state index in [4.69, 9.17) is 0 Å². The number of hydrogen-bond donors (Lipinski definition) is 0. The smallest absolute Gasteiger partial charge is 0.125 e. The quantitative estimate of drug-likeness (QED) is 0.620. The molecule has 0 aliphatic heterocycles. The van der Waals surface area contributed by atoms with Crippen molar-refractivity contribution in [2.75, 3.05) is 26.7 Å². The third-order valence-electron chi connectivity index (χ3n) is 3.70. The fraction of sp³-hybridized carbons (Fsp3) is 0.467. The first-order valence-corrected chi connectivity index (χ1v) is 8.15. The van der Waals surface area contributed by atoms with Crippen molar-refractivity contribution in [1.82, 2.24) is 0 Å². The van der Waals surface area contributed by atoms with Crippen LogP contribution in [0.4, 0.5) is 0 Å². The van der Waals surface area contributed by atoms with E-state index < -0.39 is 10.1 Å². The Hall–Kier alpha value is -1.17. The molecular weight excluding hydrogens is 274 g/mol.